The SMILES string of the molecule is CC(=O)O[C@@H](C)/C=C\C(=O)N[C@@H]1C[C@H](C)[C@H](C/C=C(C)/C=C/[C@H]2O[C@H](CC(N)=O)C[C@@]3(CO3)[C@@H]2O)O[C@@H]1C. The molecule has 0 unspecified atom stereocenters. The number of carbonyl (C=O) groups excluding carboxylic acids is 3. The van der Waals surface area contributed by atoms with Crippen molar-refractivity contribution >= 4 is 17.8 Å². The molecule has 3 aliphatic heterocycles. The van der Waals surface area contributed by atoms with Gasteiger partial charge >= 0.3 is 5.97 Å². The highest BCUT2D eigenvalue weighted by Gasteiger charge is 2.58. The van der Waals surface area contributed by atoms with Gasteiger partial charge in [-0.3, -0.25) is 14.4 Å². The molecule has 0 aromatic carbocycles. The van der Waals surface area contributed by atoms with Crippen LogP contribution >= 0.6 is 0 Å². The van der Waals surface area contributed by atoms with Crippen molar-refractivity contribution in [3.63, 3.8) is 0 Å². The molecule has 10 heteroatoms. The smallest absolute Gasteiger partial charge is 0.303 e. The number of rotatable bonds is 10. The van der Waals surface area contributed by atoms with Gasteiger partial charge in [0.25, 0.3) is 0 Å². The summed E-state index contributed by atoms with van der Waals surface area (Å²) in [5.74, 6) is -0.867. The van der Waals surface area contributed by atoms with E-state index < -0.39 is 35.8 Å². The molecular weight excluding hydrogens is 492 g/mol. The molecule has 0 aromatic rings. The average molecular weight is 535 g/mol. The van der Waals surface area contributed by atoms with E-state index in [-0.39, 0.29) is 42.6 Å². The fraction of sp³-hybridized carbons (Fsp3) is 0.679. The summed E-state index contributed by atoms with van der Waals surface area (Å²) >= 11 is 0. The van der Waals surface area contributed by atoms with Crippen molar-refractivity contribution in [3.8, 4) is 0 Å². The van der Waals surface area contributed by atoms with Gasteiger partial charge in [0.2, 0.25) is 11.8 Å². The number of aliphatic hydroxyl groups is 1. The van der Waals surface area contributed by atoms with E-state index in [9.17, 15) is 19.5 Å². The van der Waals surface area contributed by atoms with Crippen molar-refractivity contribution in [2.24, 2.45) is 11.7 Å². The minimum Gasteiger partial charge on any atom is -0.459 e. The molecule has 0 radical (unpaired) electrons. The Kier molecular flexibility index (Phi) is 10.3. The van der Waals surface area contributed by atoms with Crippen LogP contribution < -0.4 is 11.1 Å². The number of amides is 2. The molecule has 10 nitrogen and oxygen atoms in total. The van der Waals surface area contributed by atoms with Crippen molar-refractivity contribution in [1.29, 1.82) is 0 Å². The van der Waals surface area contributed by atoms with Gasteiger partial charge in [0, 0.05) is 19.4 Å². The van der Waals surface area contributed by atoms with E-state index in [1.165, 1.54) is 13.0 Å². The van der Waals surface area contributed by atoms with Gasteiger partial charge in [0.1, 0.15) is 23.9 Å². The van der Waals surface area contributed by atoms with E-state index in [0.717, 1.165) is 12.0 Å². The molecule has 2 amide bonds. The molecule has 3 rings (SSSR count). The predicted octanol–water partition coefficient (Wildman–Crippen LogP) is 1.85. The van der Waals surface area contributed by atoms with Crippen molar-refractivity contribution in [2.45, 2.75) is 109 Å². The van der Waals surface area contributed by atoms with Crippen molar-refractivity contribution < 1.29 is 38.4 Å². The Bertz CT molecular complexity index is 957. The third-order valence-corrected chi connectivity index (χ3v) is 7.35. The third kappa shape index (κ3) is 8.49. The van der Waals surface area contributed by atoms with Crippen LogP contribution in [0.2, 0.25) is 0 Å². The van der Waals surface area contributed by atoms with Crippen LogP contribution in [0.4, 0.5) is 0 Å². The van der Waals surface area contributed by atoms with Gasteiger partial charge in [-0.25, -0.2) is 0 Å². The van der Waals surface area contributed by atoms with Crippen LogP contribution in [0.25, 0.3) is 0 Å². The quantitative estimate of drug-likeness (QED) is 0.166. The zero-order valence-corrected chi connectivity index (χ0v) is 22.9. The summed E-state index contributed by atoms with van der Waals surface area (Å²) in [4.78, 5) is 34.7. The first-order valence-electron chi connectivity index (χ1n) is 13.3. The normalized spacial score (nSPS) is 36.4. The number of hydrogen-bond donors (Lipinski definition) is 3. The van der Waals surface area contributed by atoms with E-state index in [1.54, 1.807) is 13.0 Å². The lowest BCUT2D eigenvalue weighted by Crippen LogP contribution is -2.50. The van der Waals surface area contributed by atoms with Crippen LogP contribution in [0.5, 0.6) is 0 Å². The fourth-order valence-electron chi connectivity index (χ4n) is 5.11. The number of aliphatic hydroxyl groups excluding tert-OH is 1. The molecule has 0 aliphatic carbocycles. The maximum absolute atomic E-state index is 12.3. The highest BCUT2D eigenvalue weighted by Crippen LogP contribution is 2.43. The van der Waals surface area contributed by atoms with Gasteiger partial charge in [-0.15, -0.1) is 0 Å². The number of allylic oxidation sites excluding steroid dienone is 2. The number of nitrogens with one attached hydrogen (secondary N) is 1. The number of ether oxygens (including phenoxy) is 4. The number of esters is 1. The summed E-state index contributed by atoms with van der Waals surface area (Å²) in [5.41, 5.74) is 5.69. The highest BCUT2D eigenvalue weighted by atomic mass is 16.6. The van der Waals surface area contributed by atoms with Crippen LogP contribution in [-0.4, -0.2) is 77.8 Å². The first-order chi connectivity index (χ1) is 17.9. The molecule has 3 aliphatic rings. The van der Waals surface area contributed by atoms with Gasteiger partial charge in [-0.2, -0.15) is 0 Å². The van der Waals surface area contributed by atoms with Crippen LogP contribution in [0.1, 0.15) is 60.3 Å². The molecule has 3 saturated heterocycles. The fourth-order valence-corrected chi connectivity index (χ4v) is 5.11. The topological polar surface area (TPSA) is 150 Å². The highest BCUT2D eigenvalue weighted by molar-refractivity contribution is 5.87. The van der Waals surface area contributed by atoms with E-state index >= 15 is 0 Å². The number of epoxide rings is 1. The second-order valence-electron chi connectivity index (χ2n) is 10.8. The van der Waals surface area contributed by atoms with Gasteiger partial charge < -0.3 is 35.1 Å². The van der Waals surface area contributed by atoms with Crippen LogP contribution in [-0.2, 0) is 33.3 Å². The van der Waals surface area contributed by atoms with Crippen molar-refractivity contribution in [2.75, 3.05) is 6.61 Å². The molecule has 38 heavy (non-hydrogen) atoms. The van der Waals surface area contributed by atoms with Crippen molar-refractivity contribution in [1.82, 2.24) is 5.32 Å². The minimum absolute atomic E-state index is 0.000587. The number of nitrogens with two attached hydrogens (primary N) is 1. The Morgan fingerprint density at radius 1 is 1.21 bits per heavy atom. The molecule has 3 heterocycles. The predicted molar refractivity (Wildman–Crippen MR) is 140 cm³/mol. The second kappa shape index (κ2) is 13.0. The maximum atomic E-state index is 12.3. The monoisotopic (exact) mass is 534 g/mol. The van der Waals surface area contributed by atoms with Crippen LogP contribution in [0, 0.1) is 5.92 Å². The molecule has 0 bridgehead atoms. The molecule has 0 aromatic heterocycles. The first kappa shape index (κ1) is 30.0. The summed E-state index contributed by atoms with van der Waals surface area (Å²) in [5, 5.41) is 13.7. The summed E-state index contributed by atoms with van der Waals surface area (Å²) in [7, 11) is 0. The summed E-state index contributed by atoms with van der Waals surface area (Å²) < 4.78 is 22.7. The number of hydrogen-bond acceptors (Lipinski definition) is 8. The largest absolute Gasteiger partial charge is 0.459 e. The molecule has 0 saturated carbocycles. The molecule has 4 N–H and O–H groups in total. The van der Waals surface area contributed by atoms with E-state index in [1.807, 2.05) is 26.0 Å². The third-order valence-electron chi connectivity index (χ3n) is 7.35. The molecule has 3 fully saturated rings. The lowest BCUT2D eigenvalue weighted by atomic mass is 9.87. The number of primary amides is 1. The average Bonchev–Trinajstić information content (AvgIpc) is 3.59. The molecule has 212 valence electrons. The van der Waals surface area contributed by atoms with Gasteiger partial charge in [0.15, 0.2) is 0 Å². The zero-order valence-electron chi connectivity index (χ0n) is 22.9. The Hall–Kier alpha value is -2.53. The Morgan fingerprint density at radius 3 is 2.55 bits per heavy atom. The lowest BCUT2D eigenvalue weighted by Gasteiger charge is -2.39. The zero-order chi connectivity index (χ0) is 28.0. The second-order valence-corrected chi connectivity index (χ2v) is 10.8. The summed E-state index contributed by atoms with van der Waals surface area (Å²) in [6.45, 7) is 9.50. The summed E-state index contributed by atoms with van der Waals surface area (Å²) in [6, 6.07) is -0.123. The Morgan fingerprint density at radius 2 is 1.92 bits per heavy atom. The standard InChI is InChI=1S/C28H42N2O8/c1-16(7-10-24-27(34)28(15-35-28)14-21(38-24)13-25(29)32)6-9-23-17(2)12-22(19(4)37-23)30-26(33)11-8-18(3)36-20(5)31/h6-8,10-11,17-19,21-24,27,34H,9,12-15H2,1-5H3,(H2,29,32)(H,30,33)/b10-7+,11-8-,16-6+/t17-,18-,19+,21+,22+,23-,24+,27+,28+/m0/s1. The van der Waals surface area contributed by atoms with Gasteiger partial charge in [-0.1, -0.05) is 30.7 Å². The van der Waals surface area contributed by atoms with E-state index in [4.69, 9.17) is 24.7 Å². The van der Waals surface area contributed by atoms with Crippen molar-refractivity contribution in [3.05, 3.63) is 36.0 Å². The van der Waals surface area contributed by atoms with E-state index in [0.29, 0.717) is 19.4 Å². The summed E-state index contributed by atoms with van der Waals surface area (Å²) in [6.07, 6.45) is 8.36. The molecular formula is C28H42N2O8. The minimum atomic E-state index is -0.801. The van der Waals surface area contributed by atoms with Crippen LogP contribution in [0.15, 0.2) is 36.0 Å². The first-order valence-corrected chi connectivity index (χ1v) is 13.3. The Balaban J connectivity index is 1.49. The van der Waals surface area contributed by atoms with Crippen LogP contribution in [0.3, 0.4) is 0 Å². The Labute approximate surface area is 224 Å². The maximum Gasteiger partial charge on any atom is 0.303 e. The van der Waals surface area contributed by atoms with E-state index in [2.05, 4.69) is 18.3 Å². The van der Waals surface area contributed by atoms with Gasteiger partial charge in [-0.05, 0) is 45.6 Å². The number of carbonyl (C=O) groups is 3. The van der Waals surface area contributed by atoms with Gasteiger partial charge in [0.05, 0.1) is 37.4 Å². The lowest BCUT2D eigenvalue weighted by molar-refractivity contribution is -0.144. The molecule has 1 spiro atoms. The molecule has 9 atom stereocenters.